The van der Waals surface area contributed by atoms with Gasteiger partial charge >= 0.3 is 0 Å². The first-order valence-electron chi connectivity index (χ1n) is 7.16. The molecular formula is C15H21BrF2N2. The van der Waals surface area contributed by atoms with Crippen LogP contribution in [-0.4, -0.2) is 30.6 Å². The van der Waals surface area contributed by atoms with E-state index in [-0.39, 0.29) is 12.1 Å². The molecule has 1 aliphatic rings. The van der Waals surface area contributed by atoms with Crippen molar-refractivity contribution < 1.29 is 8.78 Å². The number of nitrogens with one attached hydrogen (secondary N) is 1. The molecule has 5 heteroatoms. The zero-order chi connectivity index (χ0) is 14.5. The third-order valence-corrected chi connectivity index (χ3v) is 4.51. The van der Waals surface area contributed by atoms with Crippen LogP contribution in [0.25, 0.3) is 0 Å². The lowest BCUT2D eigenvalue weighted by Crippen LogP contribution is -2.43. The first-order valence-corrected chi connectivity index (χ1v) is 7.96. The Kier molecular flexibility index (Phi) is 5.93. The van der Waals surface area contributed by atoms with Crippen LogP contribution in [0.3, 0.4) is 0 Å². The van der Waals surface area contributed by atoms with Gasteiger partial charge in [-0.1, -0.05) is 6.42 Å². The normalized spacial score (nSPS) is 18.2. The Bertz CT molecular complexity index is 448. The highest BCUT2D eigenvalue weighted by atomic mass is 79.9. The molecule has 2 rings (SSSR count). The predicted molar refractivity (Wildman–Crippen MR) is 80.7 cm³/mol. The van der Waals surface area contributed by atoms with Crippen LogP contribution in [0.4, 0.5) is 8.78 Å². The van der Waals surface area contributed by atoms with Gasteiger partial charge in [-0.3, -0.25) is 4.90 Å². The molecule has 0 aliphatic carbocycles. The lowest BCUT2D eigenvalue weighted by atomic mass is 10.1. The molecule has 0 radical (unpaired) electrons. The molecule has 20 heavy (non-hydrogen) atoms. The zero-order valence-corrected chi connectivity index (χ0v) is 13.3. The number of piperidine rings is 1. The zero-order valence-electron chi connectivity index (χ0n) is 11.8. The molecule has 0 saturated carbocycles. The van der Waals surface area contributed by atoms with Crippen molar-refractivity contribution in [3.05, 3.63) is 33.8 Å². The Morgan fingerprint density at radius 3 is 2.65 bits per heavy atom. The second-order valence-corrected chi connectivity index (χ2v) is 6.25. The van der Waals surface area contributed by atoms with Crippen LogP contribution in [0.5, 0.6) is 0 Å². The first-order chi connectivity index (χ1) is 9.59. The summed E-state index contributed by atoms with van der Waals surface area (Å²) in [6.07, 6.45) is 3.81. The minimum atomic E-state index is -0.511. The van der Waals surface area contributed by atoms with E-state index in [0.29, 0.717) is 10.5 Å². The molecule has 0 aromatic heterocycles. The largest absolute Gasteiger partial charge is 0.311 e. The van der Waals surface area contributed by atoms with Gasteiger partial charge in [-0.05, 0) is 60.9 Å². The minimum absolute atomic E-state index is 0.102. The van der Waals surface area contributed by atoms with Crippen molar-refractivity contribution >= 4 is 15.9 Å². The van der Waals surface area contributed by atoms with Gasteiger partial charge < -0.3 is 5.32 Å². The van der Waals surface area contributed by atoms with Gasteiger partial charge in [0.15, 0.2) is 0 Å². The van der Waals surface area contributed by atoms with Crippen LogP contribution in [0.1, 0.15) is 31.7 Å². The second-order valence-electron chi connectivity index (χ2n) is 5.40. The number of benzene rings is 1. The molecule has 1 aromatic carbocycles. The number of nitrogens with zero attached hydrogens (tertiary/aromatic N) is 1. The van der Waals surface area contributed by atoms with Gasteiger partial charge in [0.05, 0.1) is 4.47 Å². The Morgan fingerprint density at radius 1 is 1.25 bits per heavy atom. The highest BCUT2D eigenvalue weighted by molar-refractivity contribution is 9.10. The monoisotopic (exact) mass is 346 g/mol. The Hall–Kier alpha value is -0.520. The van der Waals surface area contributed by atoms with Crippen molar-refractivity contribution in [2.45, 2.75) is 38.8 Å². The van der Waals surface area contributed by atoms with Crippen LogP contribution in [0.15, 0.2) is 16.6 Å². The van der Waals surface area contributed by atoms with Gasteiger partial charge in [-0.25, -0.2) is 8.78 Å². The second kappa shape index (κ2) is 7.48. The molecule has 1 N–H and O–H groups in total. The average Bonchev–Trinajstić information content (AvgIpc) is 2.47. The molecule has 1 atom stereocenters. The molecule has 1 unspecified atom stereocenters. The minimum Gasteiger partial charge on any atom is -0.311 e. The van der Waals surface area contributed by atoms with E-state index in [0.717, 1.165) is 19.6 Å². The maximum atomic E-state index is 13.8. The van der Waals surface area contributed by atoms with Gasteiger partial charge in [0.1, 0.15) is 11.6 Å². The smallest absolute Gasteiger partial charge is 0.144 e. The van der Waals surface area contributed by atoms with Crippen molar-refractivity contribution in [2.24, 2.45) is 0 Å². The summed E-state index contributed by atoms with van der Waals surface area (Å²) in [7, 11) is 0. The first kappa shape index (κ1) is 15.9. The Balaban J connectivity index is 1.85. The van der Waals surface area contributed by atoms with Crippen molar-refractivity contribution in [1.29, 1.82) is 0 Å². The van der Waals surface area contributed by atoms with E-state index in [1.54, 1.807) is 0 Å². The number of likely N-dealkylation sites (tertiary alicyclic amines) is 1. The Labute approximate surface area is 127 Å². The molecule has 1 saturated heterocycles. The van der Waals surface area contributed by atoms with Gasteiger partial charge in [0.25, 0.3) is 0 Å². The fourth-order valence-corrected chi connectivity index (χ4v) is 3.00. The quantitative estimate of drug-likeness (QED) is 0.818. The van der Waals surface area contributed by atoms with Crippen LogP contribution in [-0.2, 0) is 6.54 Å². The summed E-state index contributed by atoms with van der Waals surface area (Å²) in [5.41, 5.74) is 0.102. The third-order valence-electron chi connectivity index (χ3n) is 3.89. The maximum absolute atomic E-state index is 13.8. The fourth-order valence-electron chi connectivity index (χ4n) is 2.63. The summed E-state index contributed by atoms with van der Waals surface area (Å²) in [5, 5.41) is 3.17. The van der Waals surface area contributed by atoms with E-state index in [2.05, 4.69) is 33.1 Å². The van der Waals surface area contributed by atoms with E-state index in [1.165, 1.54) is 31.4 Å². The molecule has 1 fully saturated rings. The highest BCUT2D eigenvalue weighted by Crippen LogP contribution is 2.21. The summed E-state index contributed by atoms with van der Waals surface area (Å²) >= 11 is 3.09. The van der Waals surface area contributed by atoms with Gasteiger partial charge in [0, 0.05) is 24.7 Å². The van der Waals surface area contributed by atoms with E-state index < -0.39 is 11.6 Å². The van der Waals surface area contributed by atoms with Crippen molar-refractivity contribution in [3.8, 4) is 0 Å². The van der Waals surface area contributed by atoms with E-state index in [4.69, 9.17) is 0 Å². The molecule has 0 bridgehead atoms. The number of halogens is 3. The SMILES string of the molecule is CC(CNCc1c(F)ccc(Br)c1F)N1CCCCC1. The van der Waals surface area contributed by atoms with Crippen LogP contribution >= 0.6 is 15.9 Å². The predicted octanol–water partition coefficient (Wildman–Crippen LogP) is 3.69. The maximum Gasteiger partial charge on any atom is 0.144 e. The van der Waals surface area contributed by atoms with Gasteiger partial charge in [-0.15, -0.1) is 0 Å². The van der Waals surface area contributed by atoms with Crippen LogP contribution in [0, 0.1) is 11.6 Å². The standard InChI is InChI=1S/C15H21BrF2N2/c1-11(20-7-3-2-4-8-20)9-19-10-12-14(17)6-5-13(16)15(12)18/h5-6,11,19H,2-4,7-10H2,1H3. The highest BCUT2D eigenvalue weighted by Gasteiger charge is 2.17. The van der Waals surface area contributed by atoms with Crippen molar-refractivity contribution in [2.75, 3.05) is 19.6 Å². The summed E-state index contributed by atoms with van der Waals surface area (Å²) in [5.74, 6) is -1.01. The molecule has 112 valence electrons. The summed E-state index contributed by atoms with van der Waals surface area (Å²) < 4.78 is 27.7. The molecule has 2 nitrogen and oxygen atoms in total. The topological polar surface area (TPSA) is 15.3 Å². The fraction of sp³-hybridized carbons (Fsp3) is 0.600. The Morgan fingerprint density at radius 2 is 1.95 bits per heavy atom. The molecule has 0 amide bonds. The molecule has 1 heterocycles. The van der Waals surface area contributed by atoms with E-state index >= 15 is 0 Å². The average molecular weight is 347 g/mol. The summed E-state index contributed by atoms with van der Waals surface area (Å²) in [6.45, 7) is 5.37. The van der Waals surface area contributed by atoms with Crippen molar-refractivity contribution in [1.82, 2.24) is 10.2 Å². The number of hydrogen-bond acceptors (Lipinski definition) is 2. The number of rotatable bonds is 5. The third kappa shape index (κ3) is 3.99. The molecule has 0 spiro atoms. The lowest BCUT2D eigenvalue weighted by Gasteiger charge is -2.32. The summed E-state index contributed by atoms with van der Waals surface area (Å²) in [6, 6.07) is 3.08. The van der Waals surface area contributed by atoms with Crippen molar-refractivity contribution in [3.63, 3.8) is 0 Å². The van der Waals surface area contributed by atoms with E-state index in [1.807, 2.05) is 0 Å². The van der Waals surface area contributed by atoms with Crippen LogP contribution in [0.2, 0.25) is 0 Å². The molecular weight excluding hydrogens is 326 g/mol. The molecule has 1 aromatic rings. The van der Waals surface area contributed by atoms with E-state index in [9.17, 15) is 8.78 Å². The van der Waals surface area contributed by atoms with Gasteiger partial charge in [0.2, 0.25) is 0 Å². The summed E-state index contributed by atoms with van der Waals surface area (Å²) in [4.78, 5) is 2.43. The van der Waals surface area contributed by atoms with Crippen LogP contribution < -0.4 is 5.32 Å². The lowest BCUT2D eigenvalue weighted by molar-refractivity contribution is 0.170. The number of hydrogen-bond donors (Lipinski definition) is 1. The molecule has 1 aliphatic heterocycles. The van der Waals surface area contributed by atoms with Gasteiger partial charge in [-0.2, -0.15) is 0 Å².